The molecule has 0 spiro atoms. The van der Waals surface area contributed by atoms with Crippen molar-refractivity contribution in [3.05, 3.63) is 35.8 Å². The maximum absolute atomic E-state index is 13.2. The molecule has 0 aliphatic carbocycles. The smallest absolute Gasteiger partial charge is 0.265 e. The number of thiophene rings is 1. The summed E-state index contributed by atoms with van der Waals surface area (Å²) in [6.45, 7) is 3.88. The summed E-state index contributed by atoms with van der Waals surface area (Å²) in [7, 11) is 0.492. The van der Waals surface area contributed by atoms with Gasteiger partial charge >= 0.3 is 0 Å². The van der Waals surface area contributed by atoms with Crippen molar-refractivity contribution in [3.8, 4) is 27.8 Å². The zero-order chi connectivity index (χ0) is 21.2. The molecule has 1 N–H and O–H groups in total. The molecule has 1 aromatic carbocycles. The molecular weight excluding hydrogens is 414 g/mol. The Kier molecular flexibility index (Phi) is 6.04. The SMILES string of the molecule is COc1cc(NS(=O)(=O)c2cn(C(C)C)nc2-c2cccs2)cc(OC)c1OC. The predicted molar refractivity (Wildman–Crippen MR) is 113 cm³/mol. The van der Waals surface area contributed by atoms with Crippen molar-refractivity contribution in [2.24, 2.45) is 0 Å². The van der Waals surface area contributed by atoms with Gasteiger partial charge in [0.05, 0.1) is 31.9 Å². The maximum Gasteiger partial charge on any atom is 0.265 e. The average molecular weight is 438 g/mol. The van der Waals surface area contributed by atoms with E-state index in [0.29, 0.717) is 22.9 Å². The predicted octanol–water partition coefficient (Wildman–Crippen LogP) is 4.02. The molecule has 0 aliphatic rings. The van der Waals surface area contributed by atoms with Crippen LogP contribution in [0.2, 0.25) is 0 Å². The molecule has 29 heavy (non-hydrogen) atoms. The number of hydrogen-bond donors (Lipinski definition) is 1. The Bertz CT molecular complexity index is 1060. The minimum absolute atomic E-state index is 0.0128. The third kappa shape index (κ3) is 4.18. The number of ether oxygens (including phenoxy) is 3. The van der Waals surface area contributed by atoms with Gasteiger partial charge in [-0.3, -0.25) is 9.40 Å². The molecule has 8 nitrogen and oxygen atoms in total. The summed E-state index contributed by atoms with van der Waals surface area (Å²) < 4.78 is 46.6. The van der Waals surface area contributed by atoms with Gasteiger partial charge in [-0.15, -0.1) is 11.3 Å². The summed E-state index contributed by atoms with van der Waals surface area (Å²) in [5.41, 5.74) is 0.697. The molecule has 0 bridgehead atoms. The van der Waals surface area contributed by atoms with Crippen molar-refractivity contribution in [1.29, 1.82) is 0 Å². The largest absolute Gasteiger partial charge is 0.493 e. The van der Waals surface area contributed by atoms with Crippen LogP contribution in [0.3, 0.4) is 0 Å². The molecule has 0 saturated carbocycles. The highest BCUT2D eigenvalue weighted by atomic mass is 32.2. The zero-order valence-electron chi connectivity index (χ0n) is 16.8. The molecule has 3 rings (SSSR count). The van der Waals surface area contributed by atoms with Gasteiger partial charge in [-0.1, -0.05) is 6.07 Å². The van der Waals surface area contributed by atoms with Crippen molar-refractivity contribution >= 4 is 27.0 Å². The van der Waals surface area contributed by atoms with E-state index in [1.807, 2.05) is 31.4 Å². The lowest BCUT2D eigenvalue weighted by molar-refractivity contribution is 0.325. The first-order valence-corrected chi connectivity index (χ1v) is 11.1. The Morgan fingerprint density at radius 1 is 1.10 bits per heavy atom. The average Bonchev–Trinajstić information content (AvgIpc) is 3.36. The van der Waals surface area contributed by atoms with Crippen LogP contribution in [-0.2, 0) is 10.0 Å². The van der Waals surface area contributed by atoms with Crippen molar-refractivity contribution in [3.63, 3.8) is 0 Å². The fourth-order valence-electron chi connectivity index (χ4n) is 2.77. The standard InChI is InChI=1S/C19H23N3O5S2/c1-12(2)22-11-17(18(20-22)16-7-6-8-28-16)29(23,24)21-13-9-14(25-3)19(27-5)15(10-13)26-4/h6-12,21H,1-5H3. The van der Waals surface area contributed by atoms with Gasteiger partial charge in [-0.05, 0) is 25.3 Å². The molecule has 0 saturated heterocycles. The third-order valence-corrected chi connectivity index (χ3v) is 6.45. The number of aromatic nitrogens is 2. The number of sulfonamides is 1. The van der Waals surface area contributed by atoms with E-state index in [2.05, 4.69) is 9.82 Å². The molecule has 0 atom stereocenters. The van der Waals surface area contributed by atoms with Gasteiger partial charge < -0.3 is 14.2 Å². The molecular formula is C19H23N3O5S2. The molecule has 0 amide bonds. The second-order valence-corrected chi connectivity index (χ2v) is 9.01. The Morgan fingerprint density at radius 3 is 2.24 bits per heavy atom. The quantitative estimate of drug-likeness (QED) is 0.572. The van der Waals surface area contributed by atoms with E-state index < -0.39 is 10.0 Å². The third-order valence-electron chi connectivity index (χ3n) is 4.19. The van der Waals surface area contributed by atoms with Crippen LogP contribution < -0.4 is 18.9 Å². The first kappa shape index (κ1) is 21.0. The van der Waals surface area contributed by atoms with Crippen molar-refractivity contribution in [2.75, 3.05) is 26.1 Å². The summed E-state index contributed by atoms with van der Waals surface area (Å²) in [6, 6.07) is 6.79. The second kappa shape index (κ2) is 8.34. The molecule has 156 valence electrons. The van der Waals surface area contributed by atoms with Crippen LogP contribution in [0.15, 0.2) is 40.7 Å². The molecule has 2 aromatic heterocycles. The Morgan fingerprint density at radius 2 is 1.76 bits per heavy atom. The van der Waals surface area contributed by atoms with E-state index in [4.69, 9.17) is 14.2 Å². The van der Waals surface area contributed by atoms with Crippen molar-refractivity contribution in [1.82, 2.24) is 9.78 Å². The van der Waals surface area contributed by atoms with E-state index in [0.717, 1.165) is 4.88 Å². The molecule has 0 fully saturated rings. The highest BCUT2D eigenvalue weighted by Gasteiger charge is 2.26. The number of methoxy groups -OCH3 is 3. The molecule has 3 aromatic rings. The van der Waals surface area contributed by atoms with Gasteiger partial charge in [0.25, 0.3) is 10.0 Å². The van der Waals surface area contributed by atoms with Gasteiger partial charge in [0.1, 0.15) is 10.6 Å². The lowest BCUT2D eigenvalue weighted by Crippen LogP contribution is -2.13. The van der Waals surface area contributed by atoms with Gasteiger partial charge in [0.15, 0.2) is 11.5 Å². The summed E-state index contributed by atoms with van der Waals surface area (Å²) in [4.78, 5) is 0.872. The normalized spacial score (nSPS) is 11.5. The summed E-state index contributed by atoms with van der Waals surface area (Å²) in [5.74, 6) is 1.08. The molecule has 0 radical (unpaired) electrons. The molecule has 10 heteroatoms. The number of nitrogens with one attached hydrogen (secondary N) is 1. The second-order valence-electron chi connectivity index (χ2n) is 6.41. The van der Waals surface area contributed by atoms with Crippen LogP contribution in [-0.4, -0.2) is 39.5 Å². The number of nitrogens with zero attached hydrogens (tertiary/aromatic N) is 2. The minimum Gasteiger partial charge on any atom is -0.493 e. The van der Waals surface area contributed by atoms with Gasteiger partial charge in [0, 0.05) is 24.4 Å². The summed E-state index contributed by atoms with van der Waals surface area (Å²) in [5, 5.41) is 6.38. The number of anilines is 1. The van der Waals surface area contributed by atoms with Gasteiger partial charge in [-0.2, -0.15) is 5.10 Å². The van der Waals surface area contributed by atoms with E-state index in [1.165, 1.54) is 44.8 Å². The number of benzene rings is 1. The van der Waals surface area contributed by atoms with Crippen LogP contribution in [0.25, 0.3) is 10.6 Å². The fraction of sp³-hybridized carbons (Fsp3) is 0.316. The van der Waals surface area contributed by atoms with Crippen molar-refractivity contribution < 1.29 is 22.6 Å². The van der Waals surface area contributed by atoms with Crippen LogP contribution in [0.1, 0.15) is 19.9 Å². The van der Waals surface area contributed by atoms with E-state index in [-0.39, 0.29) is 16.6 Å². The lowest BCUT2D eigenvalue weighted by atomic mass is 10.2. The molecule has 0 aliphatic heterocycles. The Labute approximate surface area is 174 Å². The number of rotatable bonds is 8. The zero-order valence-corrected chi connectivity index (χ0v) is 18.4. The Hall–Kier alpha value is -2.72. The first-order valence-electron chi connectivity index (χ1n) is 8.76. The highest BCUT2D eigenvalue weighted by Crippen LogP contribution is 2.41. The fourth-order valence-corrected chi connectivity index (χ4v) is 4.75. The van der Waals surface area contributed by atoms with Crippen LogP contribution in [0.4, 0.5) is 5.69 Å². The topological polar surface area (TPSA) is 91.7 Å². The van der Waals surface area contributed by atoms with Crippen LogP contribution in [0, 0.1) is 0 Å². The molecule has 0 unspecified atom stereocenters. The van der Waals surface area contributed by atoms with Gasteiger partial charge in [-0.25, -0.2) is 8.42 Å². The van der Waals surface area contributed by atoms with Crippen LogP contribution in [0.5, 0.6) is 17.2 Å². The minimum atomic E-state index is -3.93. The molecule has 2 heterocycles. The van der Waals surface area contributed by atoms with E-state index >= 15 is 0 Å². The first-order chi connectivity index (χ1) is 13.8. The summed E-state index contributed by atoms with van der Waals surface area (Å²) >= 11 is 1.43. The summed E-state index contributed by atoms with van der Waals surface area (Å²) in [6.07, 6.45) is 1.54. The van der Waals surface area contributed by atoms with Crippen LogP contribution >= 0.6 is 11.3 Å². The van der Waals surface area contributed by atoms with E-state index in [9.17, 15) is 8.42 Å². The van der Waals surface area contributed by atoms with Crippen molar-refractivity contribution in [2.45, 2.75) is 24.8 Å². The lowest BCUT2D eigenvalue weighted by Gasteiger charge is -2.15. The highest BCUT2D eigenvalue weighted by molar-refractivity contribution is 7.92. The maximum atomic E-state index is 13.2. The monoisotopic (exact) mass is 437 g/mol. The number of hydrogen-bond acceptors (Lipinski definition) is 7. The van der Waals surface area contributed by atoms with E-state index in [1.54, 1.807) is 10.9 Å². The van der Waals surface area contributed by atoms with Gasteiger partial charge in [0.2, 0.25) is 5.75 Å². The Balaban J connectivity index is 2.07.